The van der Waals surface area contributed by atoms with Crippen LogP contribution in [0.5, 0.6) is 0 Å². The van der Waals surface area contributed by atoms with Crippen LogP contribution in [0.4, 0.5) is 0 Å². The summed E-state index contributed by atoms with van der Waals surface area (Å²) in [6.07, 6.45) is 6.05. The molecule has 2 saturated carbocycles. The van der Waals surface area contributed by atoms with Crippen LogP contribution < -0.4 is 11.1 Å². The maximum Gasteiger partial charge on any atom is 0.223 e. The van der Waals surface area contributed by atoms with E-state index in [0.717, 1.165) is 38.5 Å². The SMILES string of the molecule is N#CC1CCCC1NC(=O)C1CCCC1CN. The molecule has 4 atom stereocenters. The van der Waals surface area contributed by atoms with Gasteiger partial charge < -0.3 is 11.1 Å². The van der Waals surface area contributed by atoms with Crippen molar-refractivity contribution in [2.24, 2.45) is 23.5 Å². The molecule has 3 N–H and O–H groups in total. The van der Waals surface area contributed by atoms with Gasteiger partial charge in [0.05, 0.1) is 12.0 Å². The minimum atomic E-state index is 0.0108. The highest BCUT2D eigenvalue weighted by atomic mass is 16.2. The molecule has 2 fully saturated rings. The third-order valence-corrected chi connectivity index (χ3v) is 4.31. The van der Waals surface area contributed by atoms with Gasteiger partial charge in [0, 0.05) is 12.0 Å². The van der Waals surface area contributed by atoms with E-state index >= 15 is 0 Å². The summed E-state index contributed by atoms with van der Waals surface area (Å²) < 4.78 is 0. The summed E-state index contributed by atoms with van der Waals surface area (Å²) in [4.78, 5) is 12.2. The molecule has 2 rings (SSSR count). The largest absolute Gasteiger partial charge is 0.352 e. The Hall–Kier alpha value is -1.08. The number of rotatable bonds is 3. The van der Waals surface area contributed by atoms with Crippen LogP contribution in [0.3, 0.4) is 0 Å². The van der Waals surface area contributed by atoms with Crippen molar-refractivity contribution in [3.8, 4) is 6.07 Å². The molecule has 0 aliphatic heterocycles. The quantitative estimate of drug-likeness (QED) is 0.770. The molecule has 1 amide bonds. The Morgan fingerprint density at radius 1 is 1.29 bits per heavy atom. The van der Waals surface area contributed by atoms with Crippen LogP contribution in [0, 0.1) is 29.1 Å². The summed E-state index contributed by atoms with van der Waals surface area (Å²) in [6.45, 7) is 0.602. The number of hydrogen-bond donors (Lipinski definition) is 2. The Balaban J connectivity index is 1.90. The molecule has 0 bridgehead atoms. The highest BCUT2D eigenvalue weighted by Crippen LogP contribution is 2.32. The van der Waals surface area contributed by atoms with E-state index in [0.29, 0.717) is 12.5 Å². The smallest absolute Gasteiger partial charge is 0.223 e. The fourth-order valence-electron chi connectivity index (χ4n) is 3.24. The fourth-order valence-corrected chi connectivity index (χ4v) is 3.24. The summed E-state index contributed by atoms with van der Waals surface area (Å²) in [6, 6.07) is 2.37. The van der Waals surface area contributed by atoms with Crippen LogP contribution in [0.25, 0.3) is 0 Å². The molecule has 2 aliphatic carbocycles. The molecule has 17 heavy (non-hydrogen) atoms. The summed E-state index contributed by atoms with van der Waals surface area (Å²) in [7, 11) is 0. The lowest BCUT2D eigenvalue weighted by Crippen LogP contribution is -2.42. The minimum absolute atomic E-state index is 0.0108. The molecular weight excluding hydrogens is 214 g/mol. The molecule has 94 valence electrons. The topological polar surface area (TPSA) is 78.9 Å². The Kier molecular flexibility index (Phi) is 4.01. The van der Waals surface area contributed by atoms with Crippen molar-refractivity contribution in [3.05, 3.63) is 0 Å². The summed E-state index contributed by atoms with van der Waals surface area (Å²) in [5.41, 5.74) is 5.69. The van der Waals surface area contributed by atoms with Gasteiger partial charge >= 0.3 is 0 Å². The van der Waals surface area contributed by atoms with Crippen molar-refractivity contribution in [3.63, 3.8) is 0 Å². The molecule has 0 saturated heterocycles. The summed E-state index contributed by atoms with van der Waals surface area (Å²) >= 11 is 0. The average molecular weight is 235 g/mol. The zero-order chi connectivity index (χ0) is 12.3. The normalized spacial score (nSPS) is 36.7. The fraction of sp³-hybridized carbons (Fsp3) is 0.846. The first-order valence-corrected chi connectivity index (χ1v) is 6.66. The highest BCUT2D eigenvalue weighted by Gasteiger charge is 2.35. The van der Waals surface area contributed by atoms with Crippen molar-refractivity contribution in [2.75, 3.05) is 6.54 Å². The van der Waals surface area contributed by atoms with Gasteiger partial charge in [-0.3, -0.25) is 4.79 Å². The lowest BCUT2D eigenvalue weighted by molar-refractivity contribution is -0.126. The molecule has 0 radical (unpaired) electrons. The molecule has 4 unspecified atom stereocenters. The molecular formula is C13H21N3O. The number of amides is 1. The van der Waals surface area contributed by atoms with Gasteiger partial charge in [-0.25, -0.2) is 0 Å². The zero-order valence-electron chi connectivity index (χ0n) is 10.2. The van der Waals surface area contributed by atoms with E-state index in [4.69, 9.17) is 11.0 Å². The Morgan fingerprint density at radius 2 is 2.06 bits per heavy atom. The average Bonchev–Trinajstić information content (AvgIpc) is 2.96. The number of nitrogens with zero attached hydrogens (tertiary/aromatic N) is 1. The Morgan fingerprint density at radius 3 is 2.76 bits per heavy atom. The number of carbonyl (C=O) groups is 1. The molecule has 0 spiro atoms. The van der Waals surface area contributed by atoms with E-state index < -0.39 is 0 Å². The predicted molar refractivity (Wildman–Crippen MR) is 64.8 cm³/mol. The third kappa shape index (κ3) is 2.61. The molecule has 4 nitrogen and oxygen atoms in total. The van der Waals surface area contributed by atoms with Crippen molar-refractivity contribution in [1.82, 2.24) is 5.32 Å². The van der Waals surface area contributed by atoms with Crippen molar-refractivity contribution in [2.45, 2.75) is 44.6 Å². The predicted octanol–water partition coefficient (Wildman–Crippen LogP) is 1.17. The second kappa shape index (κ2) is 5.50. The number of nitriles is 1. The van der Waals surface area contributed by atoms with Gasteiger partial charge in [-0.1, -0.05) is 6.42 Å². The van der Waals surface area contributed by atoms with Crippen molar-refractivity contribution >= 4 is 5.91 Å². The van der Waals surface area contributed by atoms with Gasteiger partial charge in [0.1, 0.15) is 0 Å². The van der Waals surface area contributed by atoms with Crippen LogP contribution in [0.2, 0.25) is 0 Å². The van der Waals surface area contributed by atoms with E-state index in [1.54, 1.807) is 0 Å². The van der Waals surface area contributed by atoms with E-state index in [1.165, 1.54) is 0 Å². The molecule has 2 aliphatic rings. The van der Waals surface area contributed by atoms with Gasteiger partial charge in [-0.05, 0) is 44.6 Å². The standard InChI is InChI=1S/C13H21N3O/c14-7-9-3-1-5-11(9)13(17)16-12-6-2-4-10(12)8-15/h9-12H,1-7,14H2,(H,16,17). The number of hydrogen-bond acceptors (Lipinski definition) is 3. The maximum atomic E-state index is 12.2. The van der Waals surface area contributed by atoms with Gasteiger partial charge in [0.15, 0.2) is 0 Å². The molecule has 0 aromatic rings. The zero-order valence-corrected chi connectivity index (χ0v) is 10.2. The maximum absolute atomic E-state index is 12.2. The second-order valence-corrected chi connectivity index (χ2v) is 5.31. The van der Waals surface area contributed by atoms with E-state index in [1.807, 2.05) is 0 Å². The number of nitrogens with two attached hydrogens (primary N) is 1. The van der Waals surface area contributed by atoms with Gasteiger partial charge in [-0.2, -0.15) is 5.26 Å². The second-order valence-electron chi connectivity index (χ2n) is 5.31. The first-order valence-electron chi connectivity index (χ1n) is 6.66. The van der Waals surface area contributed by atoms with Gasteiger partial charge in [0.25, 0.3) is 0 Å². The molecule has 0 heterocycles. The van der Waals surface area contributed by atoms with Crippen LogP contribution in [-0.4, -0.2) is 18.5 Å². The Labute approximate surface area is 103 Å². The lowest BCUT2D eigenvalue weighted by atomic mass is 9.94. The highest BCUT2D eigenvalue weighted by molar-refractivity contribution is 5.79. The van der Waals surface area contributed by atoms with Crippen molar-refractivity contribution < 1.29 is 4.79 Å². The third-order valence-electron chi connectivity index (χ3n) is 4.31. The van der Waals surface area contributed by atoms with Crippen LogP contribution in [0.15, 0.2) is 0 Å². The number of carbonyl (C=O) groups excluding carboxylic acids is 1. The monoisotopic (exact) mass is 235 g/mol. The van der Waals surface area contributed by atoms with Gasteiger partial charge in [-0.15, -0.1) is 0 Å². The molecule has 4 heteroatoms. The molecule has 0 aromatic carbocycles. The van der Waals surface area contributed by atoms with Crippen LogP contribution >= 0.6 is 0 Å². The molecule has 0 aromatic heterocycles. The van der Waals surface area contributed by atoms with Gasteiger partial charge in [0.2, 0.25) is 5.91 Å². The summed E-state index contributed by atoms with van der Waals surface area (Å²) in [5.74, 6) is 0.568. The summed E-state index contributed by atoms with van der Waals surface area (Å²) in [5, 5.41) is 12.1. The van der Waals surface area contributed by atoms with Crippen LogP contribution in [0.1, 0.15) is 38.5 Å². The lowest BCUT2D eigenvalue weighted by Gasteiger charge is -2.22. The van der Waals surface area contributed by atoms with E-state index in [-0.39, 0.29) is 23.8 Å². The first-order chi connectivity index (χ1) is 8.26. The Bertz CT molecular complexity index is 323. The van der Waals surface area contributed by atoms with E-state index in [9.17, 15) is 4.79 Å². The minimum Gasteiger partial charge on any atom is -0.352 e. The van der Waals surface area contributed by atoms with E-state index in [2.05, 4.69) is 11.4 Å². The van der Waals surface area contributed by atoms with Crippen molar-refractivity contribution in [1.29, 1.82) is 5.26 Å². The number of nitrogens with one attached hydrogen (secondary N) is 1. The first kappa shape index (κ1) is 12.4. The van der Waals surface area contributed by atoms with Crippen LogP contribution in [-0.2, 0) is 4.79 Å².